The van der Waals surface area contributed by atoms with E-state index < -0.39 is 11.9 Å². The molecule has 8 nitrogen and oxygen atoms in total. The van der Waals surface area contributed by atoms with Gasteiger partial charge in [-0.2, -0.15) is 0 Å². The van der Waals surface area contributed by atoms with Gasteiger partial charge in [0.1, 0.15) is 22.6 Å². The third-order valence-electron chi connectivity index (χ3n) is 4.21. The van der Waals surface area contributed by atoms with Gasteiger partial charge in [0.15, 0.2) is 0 Å². The summed E-state index contributed by atoms with van der Waals surface area (Å²) in [5.41, 5.74) is 2.25. The maximum Gasteiger partial charge on any atom is 0.339 e. The smallest absolute Gasteiger partial charge is 0.339 e. The number of carboxylic acid groups (broad SMARTS) is 2. The fourth-order valence-corrected chi connectivity index (χ4v) is 6.24. The van der Waals surface area contributed by atoms with Crippen LogP contribution in [0.5, 0.6) is 11.5 Å². The average molecular weight is 936 g/mol. The van der Waals surface area contributed by atoms with Crippen LogP contribution in [0, 0.1) is 14.3 Å². The number of hydrogen-bond acceptors (Lipinski definition) is 6. The first-order chi connectivity index (χ1) is 17.0. The van der Waals surface area contributed by atoms with E-state index in [1.807, 2.05) is 115 Å². The highest BCUT2D eigenvalue weighted by Gasteiger charge is 2.13. The Labute approximate surface area is 260 Å². The number of hydrogen-bond donors (Lipinski definition) is 4. The predicted octanol–water partition coefficient (Wildman–Crippen LogP) is 6.74. The lowest BCUT2D eigenvalue weighted by molar-refractivity contribution is 0.0682. The van der Waals surface area contributed by atoms with Gasteiger partial charge in [-0.15, -0.1) is 0 Å². The van der Waals surface area contributed by atoms with Crippen molar-refractivity contribution in [3.8, 4) is 22.6 Å². The molecule has 4 aromatic rings. The van der Waals surface area contributed by atoms with E-state index in [4.69, 9.17) is 10.2 Å². The van der Waals surface area contributed by atoms with Crippen molar-refractivity contribution in [1.82, 2.24) is 9.97 Å². The maximum absolute atomic E-state index is 10.6. The lowest BCUT2D eigenvalue weighted by Crippen LogP contribution is -1.98. The standard InChI is InChI=1S/C10H8N2.2C7H4I2O3/c1-5-11-6-2-9(1)10-3-7-12-8-4-10;2*8-3-1-4(7(11)12)6(10)5(9)2-3/h1-8H;2*1-2,10H,(H,11,12). The lowest BCUT2D eigenvalue weighted by Gasteiger charge is -2.02. The molecule has 0 radical (unpaired) electrons. The van der Waals surface area contributed by atoms with Crippen LogP contribution in [0.1, 0.15) is 20.7 Å². The number of aromatic carboxylic acids is 2. The summed E-state index contributed by atoms with van der Waals surface area (Å²) in [6.45, 7) is 0. The number of pyridine rings is 2. The molecular weight excluding hydrogens is 920 g/mol. The van der Waals surface area contributed by atoms with Gasteiger partial charge in [-0.05, 0) is 150 Å². The Morgan fingerprint density at radius 2 is 0.889 bits per heavy atom. The zero-order chi connectivity index (χ0) is 26.8. The second-order valence-corrected chi connectivity index (χ2v) is 11.5. The highest BCUT2D eigenvalue weighted by Crippen LogP contribution is 2.27. The molecule has 12 heteroatoms. The third kappa shape index (κ3) is 9.25. The number of halogens is 4. The minimum absolute atomic E-state index is 0.0497. The molecule has 0 aliphatic carbocycles. The summed E-state index contributed by atoms with van der Waals surface area (Å²) >= 11 is 7.79. The van der Waals surface area contributed by atoms with E-state index in [1.165, 1.54) is 23.3 Å². The predicted molar refractivity (Wildman–Crippen MR) is 168 cm³/mol. The zero-order valence-corrected chi connectivity index (χ0v) is 26.6. The van der Waals surface area contributed by atoms with Crippen LogP contribution in [-0.4, -0.2) is 42.3 Å². The van der Waals surface area contributed by atoms with Crippen molar-refractivity contribution in [1.29, 1.82) is 0 Å². The van der Waals surface area contributed by atoms with Crippen molar-refractivity contribution in [2.45, 2.75) is 0 Å². The molecule has 186 valence electrons. The molecule has 0 saturated heterocycles. The van der Waals surface area contributed by atoms with Crippen LogP contribution in [0.25, 0.3) is 11.1 Å². The van der Waals surface area contributed by atoms with Gasteiger partial charge < -0.3 is 20.4 Å². The summed E-state index contributed by atoms with van der Waals surface area (Å²) in [6, 6.07) is 14.2. The molecule has 2 aromatic heterocycles. The van der Waals surface area contributed by atoms with Crippen LogP contribution in [0.2, 0.25) is 0 Å². The molecule has 0 atom stereocenters. The summed E-state index contributed by atoms with van der Waals surface area (Å²) in [5.74, 6) is -2.54. The Morgan fingerprint density at radius 3 is 1.17 bits per heavy atom. The third-order valence-corrected chi connectivity index (χ3v) is 7.10. The Kier molecular flexibility index (Phi) is 12.5. The normalized spacial score (nSPS) is 9.78. The van der Waals surface area contributed by atoms with Crippen LogP contribution in [-0.2, 0) is 0 Å². The molecule has 0 aliphatic heterocycles. The number of phenols is 2. The monoisotopic (exact) mass is 936 g/mol. The number of aromatic nitrogens is 2. The van der Waals surface area contributed by atoms with Gasteiger partial charge in [-0.1, -0.05) is 0 Å². The molecular formula is C24H16I4N2O6. The van der Waals surface area contributed by atoms with Gasteiger partial charge >= 0.3 is 11.9 Å². The Balaban J connectivity index is 0.000000190. The molecule has 0 unspecified atom stereocenters. The van der Waals surface area contributed by atoms with E-state index in [9.17, 15) is 19.8 Å². The highest BCUT2D eigenvalue weighted by molar-refractivity contribution is 14.1. The van der Waals surface area contributed by atoms with E-state index in [-0.39, 0.29) is 22.6 Å². The van der Waals surface area contributed by atoms with Crippen LogP contribution < -0.4 is 0 Å². The minimum Gasteiger partial charge on any atom is -0.506 e. The molecule has 0 aliphatic rings. The summed E-state index contributed by atoms with van der Waals surface area (Å²) in [5, 5.41) is 35.9. The number of benzene rings is 2. The first-order valence-corrected chi connectivity index (χ1v) is 14.0. The Hall–Kier alpha value is -1.80. The fourth-order valence-electron chi connectivity index (χ4n) is 2.55. The number of carbonyl (C=O) groups is 2. The number of rotatable bonds is 3. The van der Waals surface area contributed by atoms with Crippen LogP contribution in [0.3, 0.4) is 0 Å². The van der Waals surface area contributed by atoms with E-state index in [0.29, 0.717) is 7.14 Å². The van der Waals surface area contributed by atoms with Crippen LogP contribution in [0.4, 0.5) is 0 Å². The van der Waals surface area contributed by atoms with Crippen molar-refractivity contribution in [2.75, 3.05) is 0 Å². The van der Waals surface area contributed by atoms with E-state index >= 15 is 0 Å². The van der Waals surface area contributed by atoms with Crippen molar-refractivity contribution < 1.29 is 30.0 Å². The first kappa shape index (κ1) is 30.4. The molecule has 0 saturated carbocycles. The summed E-state index contributed by atoms with van der Waals surface area (Å²) < 4.78 is 2.70. The van der Waals surface area contributed by atoms with Crippen molar-refractivity contribution >= 4 is 102 Å². The molecule has 4 N–H and O–H groups in total. The second kappa shape index (κ2) is 14.8. The van der Waals surface area contributed by atoms with Gasteiger partial charge in [0.25, 0.3) is 0 Å². The largest absolute Gasteiger partial charge is 0.506 e. The number of carboxylic acids is 2. The molecule has 0 fully saturated rings. The van der Waals surface area contributed by atoms with Crippen LogP contribution >= 0.6 is 90.4 Å². The SMILES string of the molecule is O=C(O)c1cc(I)cc(I)c1O.O=C(O)c1cc(I)cc(I)c1O.c1cc(-c2ccncc2)ccn1. The molecule has 4 rings (SSSR count). The fraction of sp³-hybridized carbons (Fsp3) is 0. The first-order valence-electron chi connectivity index (χ1n) is 9.64. The molecule has 2 aromatic carbocycles. The van der Waals surface area contributed by atoms with E-state index in [1.54, 1.807) is 36.9 Å². The molecule has 2 heterocycles. The molecule has 0 amide bonds. The summed E-state index contributed by atoms with van der Waals surface area (Å²) in [7, 11) is 0. The van der Waals surface area contributed by atoms with Gasteiger partial charge in [0.2, 0.25) is 0 Å². The van der Waals surface area contributed by atoms with Crippen molar-refractivity contribution in [3.63, 3.8) is 0 Å². The van der Waals surface area contributed by atoms with Gasteiger partial charge in [-0.25, -0.2) is 9.59 Å². The quantitative estimate of drug-likeness (QED) is 0.166. The number of aromatic hydroxyl groups is 2. The van der Waals surface area contributed by atoms with E-state index in [0.717, 1.165) is 7.14 Å². The van der Waals surface area contributed by atoms with Gasteiger partial charge in [-0.3, -0.25) is 9.97 Å². The van der Waals surface area contributed by atoms with Crippen molar-refractivity contribution in [2.24, 2.45) is 0 Å². The van der Waals surface area contributed by atoms with Gasteiger partial charge in [0.05, 0.1) is 7.14 Å². The average Bonchev–Trinajstić information content (AvgIpc) is 2.85. The molecule has 0 spiro atoms. The van der Waals surface area contributed by atoms with E-state index in [2.05, 4.69) is 9.97 Å². The van der Waals surface area contributed by atoms with Crippen LogP contribution in [0.15, 0.2) is 73.3 Å². The van der Waals surface area contributed by atoms with Gasteiger partial charge in [0, 0.05) is 31.9 Å². The second-order valence-electron chi connectivity index (χ2n) is 6.65. The number of nitrogens with zero attached hydrogens (tertiary/aromatic N) is 2. The topological polar surface area (TPSA) is 141 Å². The highest BCUT2D eigenvalue weighted by atomic mass is 127. The van der Waals surface area contributed by atoms with Crippen molar-refractivity contribution in [3.05, 3.63) is 98.7 Å². The zero-order valence-electron chi connectivity index (χ0n) is 17.9. The Bertz CT molecular complexity index is 1250. The molecule has 36 heavy (non-hydrogen) atoms. The maximum atomic E-state index is 10.6. The lowest BCUT2D eigenvalue weighted by atomic mass is 10.1. The summed E-state index contributed by atoms with van der Waals surface area (Å²) in [4.78, 5) is 29.0. The summed E-state index contributed by atoms with van der Waals surface area (Å²) in [6.07, 6.45) is 7.15. The Morgan fingerprint density at radius 1 is 0.583 bits per heavy atom. The molecule has 0 bridgehead atoms. The minimum atomic E-state index is -1.11.